The van der Waals surface area contributed by atoms with Crippen LogP contribution in [0.1, 0.15) is 19.0 Å². The highest BCUT2D eigenvalue weighted by molar-refractivity contribution is 9.10. The smallest absolute Gasteiger partial charge is 0.180 e. The molecule has 0 fully saturated rings. The summed E-state index contributed by atoms with van der Waals surface area (Å²) in [6.07, 6.45) is 3.69. The summed E-state index contributed by atoms with van der Waals surface area (Å²) in [5.74, 6) is 1.43. The Balaban J connectivity index is 2.51. The van der Waals surface area contributed by atoms with Crippen LogP contribution in [0.4, 0.5) is 5.82 Å². The second-order valence-electron chi connectivity index (χ2n) is 4.02. The van der Waals surface area contributed by atoms with Gasteiger partial charge in [-0.25, -0.2) is 9.97 Å². The van der Waals surface area contributed by atoms with Gasteiger partial charge < -0.3 is 5.32 Å². The van der Waals surface area contributed by atoms with Gasteiger partial charge in [-0.15, -0.1) is 0 Å². The number of nitrogens with one attached hydrogen (secondary N) is 1. The van der Waals surface area contributed by atoms with Crippen LogP contribution in [0.3, 0.4) is 0 Å². The largest absolute Gasteiger partial charge is 0.372 e. The van der Waals surface area contributed by atoms with Gasteiger partial charge in [-0.3, -0.25) is 4.98 Å². The molecule has 1 N–H and O–H groups in total. The maximum absolute atomic E-state index is 4.59. The van der Waals surface area contributed by atoms with Crippen LogP contribution in [0.25, 0.3) is 11.5 Å². The standard InChI is InChI=1S/C13H14Br2N4/c1-3-4-9-11(15)13(16-2)19-12(18-9)10-6-5-8(14)7-17-10/h5-7H,3-4H2,1-2H3,(H,16,18,19). The van der Waals surface area contributed by atoms with Crippen molar-refractivity contribution in [2.24, 2.45) is 0 Å². The summed E-state index contributed by atoms with van der Waals surface area (Å²) in [6, 6.07) is 3.84. The summed E-state index contributed by atoms with van der Waals surface area (Å²) in [4.78, 5) is 13.4. The number of hydrogen-bond donors (Lipinski definition) is 1. The molecule has 0 bridgehead atoms. The molecule has 4 nitrogen and oxygen atoms in total. The molecule has 0 spiro atoms. The van der Waals surface area contributed by atoms with E-state index in [9.17, 15) is 0 Å². The Morgan fingerprint density at radius 3 is 2.58 bits per heavy atom. The maximum atomic E-state index is 4.59. The summed E-state index contributed by atoms with van der Waals surface area (Å²) in [7, 11) is 1.85. The lowest BCUT2D eigenvalue weighted by molar-refractivity contribution is 0.867. The van der Waals surface area contributed by atoms with Gasteiger partial charge in [0.15, 0.2) is 5.82 Å². The number of hydrogen-bond acceptors (Lipinski definition) is 4. The monoisotopic (exact) mass is 384 g/mol. The Kier molecular flexibility index (Phi) is 4.87. The fourth-order valence-corrected chi connectivity index (χ4v) is 2.49. The molecule has 0 radical (unpaired) electrons. The van der Waals surface area contributed by atoms with Crippen LogP contribution < -0.4 is 5.32 Å². The molecule has 6 heteroatoms. The molecule has 2 aromatic heterocycles. The van der Waals surface area contributed by atoms with Crippen LogP contribution >= 0.6 is 31.9 Å². The SMILES string of the molecule is CCCc1nc(-c2ccc(Br)cn2)nc(NC)c1Br. The third-order valence-corrected chi connectivity index (χ3v) is 3.90. The van der Waals surface area contributed by atoms with Crippen molar-refractivity contribution in [2.75, 3.05) is 12.4 Å². The molecule has 2 rings (SSSR count). The minimum atomic E-state index is 0.642. The van der Waals surface area contributed by atoms with Crippen molar-refractivity contribution in [2.45, 2.75) is 19.8 Å². The number of aromatic nitrogens is 3. The summed E-state index contributed by atoms with van der Waals surface area (Å²) in [6.45, 7) is 2.13. The quantitative estimate of drug-likeness (QED) is 0.862. The Labute approximate surface area is 129 Å². The number of aryl methyl sites for hydroxylation is 1. The first-order chi connectivity index (χ1) is 9.15. The van der Waals surface area contributed by atoms with Gasteiger partial charge in [0.25, 0.3) is 0 Å². The Morgan fingerprint density at radius 1 is 1.21 bits per heavy atom. The lowest BCUT2D eigenvalue weighted by Crippen LogP contribution is -2.04. The predicted molar refractivity (Wildman–Crippen MR) is 84.2 cm³/mol. The molecule has 19 heavy (non-hydrogen) atoms. The number of anilines is 1. The average Bonchev–Trinajstić information content (AvgIpc) is 2.42. The van der Waals surface area contributed by atoms with E-state index in [4.69, 9.17) is 0 Å². The second-order valence-corrected chi connectivity index (χ2v) is 5.73. The van der Waals surface area contributed by atoms with Gasteiger partial charge in [0, 0.05) is 17.7 Å². The topological polar surface area (TPSA) is 50.7 Å². The minimum absolute atomic E-state index is 0.642. The average molecular weight is 386 g/mol. The molecule has 0 aliphatic heterocycles. The van der Waals surface area contributed by atoms with Gasteiger partial charge in [0.2, 0.25) is 0 Å². The first-order valence-electron chi connectivity index (χ1n) is 6.01. The number of nitrogens with zero attached hydrogens (tertiary/aromatic N) is 3. The minimum Gasteiger partial charge on any atom is -0.372 e. The molecule has 0 amide bonds. The van der Waals surface area contributed by atoms with Crippen LogP contribution in [0.15, 0.2) is 27.3 Å². The first kappa shape index (κ1) is 14.4. The van der Waals surface area contributed by atoms with Crippen molar-refractivity contribution in [3.63, 3.8) is 0 Å². The van der Waals surface area contributed by atoms with E-state index in [1.807, 2.05) is 19.2 Å². The van der Waals surface area contributed by atoms with E-state index in [2.05, 4.69) is 59.1 Å². The Morgan fingerprint density at radius 2 is 2.00 bits per heavy atom. The molecule has 0 unspecified atom stereocenters. The van der Waals surface area contributed by atoms with Crippen molar-refractivity contribution < 1.29 is 0 Å². The lowest BCUT2D eigenvalue weighted by atomic mass is 10.2. The van der Waals surface area contributed by atoms with Crippen molar-refractivity contribution in [1.82, 2.24) is 15.0 Å². The second kappa shape index (κ2) is 6.43. The maximum Gasteiger partial charge on any atom is 0.180 e. The van der Waals surface area contributed by atoms with Crippen molar-refractivity contribution in [3.05, 3.63) is 33.0 Å². The van der Waals surface area contributed by atoms with Gasteiger partial charge in [-0.2, -0.15) is 0 Å². The van der Waals surface area contributed by atoms with Crippen LogP contribution in [-0.4, -0.2) is 22.0 Å². The van der Waals surface area contributed by atoms with E-state index in [-0.39, 0.29) is 0 Å². The van der Waals surface area contributed by atoms with Crippen molar-refractivity contribution in [3.8, 4) is 11.5 Å². The van der Waals surface area contributed by atoms with Gasteiger partial charge in [-0.05, 0) is 50.4 Å². The Hall–Kier alpha value is -1.01. The number of pyridine rings is 1. The summed E-state index contributed by atoms with van der Waals surface area (Å²) in [5, 5.41) is 3.08. The normalized spacial score (nSPS) is 10.5. The van der Waals surface area contributed by atoms with Gasteiger partial charge in [-0.1, -0.05) is 13.3 Å². The molecule has 0 aromatic carbocycles. The van der Waals surface area contributed by atoms with E-state index in [0.29, 0.717) is 5.82 Å². The molecular formula is C13H14Br2N4. The van der Waals surface area contributed by atoms with Gasteiger partial charge in [0.1, 0.15) is 11.5 Å². The van der Waals surface area contributed by atoms with Crippen molar-refractivity contribution in [1.29, 1.82) is 0 Å². The number of halogens is 2. The third kappa shape index (κ3) is 3.30. The van der Waals surface area contributed by atoms with Crippen LogP contribution in [0, 0.1) is 0 Å². The van der Waals surface area contributed by atoms with E-state index < -0.39 is 0 Å². The lowest BCUT2D eigenvalue weighted by Gasteiger charge is -2.10. The van der Waals surface area contributed by atoms with Crippen molar-refractivity contribution >= 4 is 37.7 Å². The first-order valence-corrected chi connectivity index (χ1v) is 7.60. The predicted octanol–water partition coefficient (Wildman–Crippen LogP) is 4.06. The fourth-order valence-electron chi connectivity index (χ4n) is 1.68. The van der Waals surface area contributed by atoms with Gasteiger partial charge in [0.05, 0.1) is 10.2 Å². The zero-order chi connectivity index (χ0) is 13.8. The Bertz CT molecular complexity index is 570. The molecular weight excluding hydrogens is 372 g/mol. The zero-order valence-corrected chi connectivity index (χ0v) is 13.9. The highest BCUT2D eigenvalue weighted by Crippen LogP contribution is 2.27. The third-order valence-electron chi connectivity index (χ3n) is 2.60. The van der Waals surface area contributed by atoms with Crippen LogP contribution in [0.5, 0.6) is 0 Å². The summed E-state index contributed by atoms with van der Waals surface area (Å²) in [5.41, 5.74) is 1.77. The van der Waals surface area contributed by atoms with Gasteiger partial charge >= 0.3 is 0 Å². The highest BCUT2D eigenvalue weighted by atomic mass is 79.9. The molecule has 0 aliphatic carbocycles. The molecule has 2 heterocycles. The fraction of sp³-hybridized carbons (Fsp3) is 0.308. The molecule has 100 valence electrons. The van der Waals surface area contributed by atoms with E-state index >= 15 is 0 Å². The van der Waals surface area contributed by atoms with E-state index in [1.54, 1.807) is 6.20 Å². The molecule has 0 aliphatic rings. The summed E-state index contributed by atoms with van der Waals surface area (Å²) < 4.78 is 1.87. The highest BCUT2D eigenvalue weighted by Gasteiger charge is 2.12. The van der Waals surface area contributed by atoms with Crippen LogP contribution in [0.2, 0.25) is 0 Å². The molecule has 0 saturated carbocycles. The molecule has 0 atom stereocenters. The van der Waals surface area contributed by atoms with E-state index in [1.165, 1.54) is 0 Å². The molecule has 0 saturated heterocycles. The zero-order valence-electron chi connectivity index (χ0n) is 10.7. The number of rotatable bonds is 4. The molecule has 2 aromatic rings. The van der Waals surface area contributed by atoms with E-state index in [0.717, 1.165) is 39.0 Å². The van der Waals surface area contributed by atoms with Crippen LogP contribution in [-0.2, 0) is 6.42 Å². The summed E-state index contributed by atoms with van der Waals surface area (Å²) >= 11 is 6.92.